The average Bonchev–Trinajstić information content (AvgIpc) is 2.46. The first kappa shape index (κ1) is 13.1. The maximum atomic E-state index is 11.0. The summed E-state index contributed by atoms with van der Waals surface area (Å²) >= 11 is 0. The number of nitrogens with two attached hydrogens (primary N) is 1. The minimum absolute atomic E-state index is 0.0328. The third kappa shape index (κ3) is 2.42. The summed E-state index contributed by atoms with van der Waals surface area (Å²) in [6, 6.07) is 3.37. The predicted octanol–water partition coefficient (Wildman–Crippen LogP) is 2.73. The van der Waals surface area contributed by atoms with Crippen LogP contribution < -0.4 is 10.6 Å². The van der Waals surface area contributed by atoms with Gasteiger partial charge in [0, 0.05) is 12.6 Å². The van der Waals surface area contributed by atoms with Crippen molar-refractivity contribution in [2.75, 3.05) is 17.2 Å². The third-order valence-corrected chi connectivity index (χ3v) is 4.56. The highest BCUT2D eigenvalue weighted by Gasteiger charge is 2.34. The van der Waals surface area contributed by atoms with Crippen LogP contribution in [0.15, 0.2) is 12.1 Å². The number of pyridine rings is 1. The van der Waals surface area contributed by atoms with Gasteiger partial charge in [0.1, 0.15) is 11.6 Å². The Hall–Kier alpha value is -1.85. The van der Waals surface area contributed by atoms with E-state index in [1.54, 1.807) is 6.07 Å². The summed E-state index contributed by atoms with van der Waals surface area (Å²) in [6.07, 6.45) is 7.37. The first-order valence-corrected chi connectivity index (χ1v) is 7.34. The van der Waals surface area contributed by atoms with Crippen LogP contribution in [0.25, 0.3) is 0 Å². The third-order valence-electron chi connectivity index (χ3n) is 4.56. The molecule has 0 spiro atoms. The molecule has 2 aliphatic rings. The fourth-order valence-electron chi connectivity index (χ4n) is 3.68. The van der Waals surface area contributed by atoms with Crippen LogP contribution in [-0.2, 0) is 0 Å². The summed E-state index contributed by atoms with van der Waals surface area (Å²) in [7, 11) is 0. The van der Waals surface area contributed by atoms with E-state index in [4.69, 9.17) is 5.73 Å². The van der Waals surface area contributed by atoms with Crippen LogP contribution in [0.5, 0.6) is 0 Å². The summed E-state index contributed by atoms with van der Waals surface area (Å²) < 4.78 is 0. The fourth-order valence-corrected chi connectivity index (χ4v) is 3.68. The maximum absolute atomic E-state index is 11.0. The Morgan fingerprint density at radius 3 is 2.80 bits per heavy atom. The van der Waals surface area contributed by atoms with Crippen molar-refractivity contribution in [3.8, 4) is 0 Å². The minimum atomic E-state index is -0.399. The van der Waals surface area contributed by atoms with Gasteiger partial charge in [-0.15, -0.1) is 0 Å². The second-order valence-corrected chi connectivity index (χ2v) is 5.81. The molecule has 0 amide bonds. The van der Waals surface area contributed by atoms with Crippen LogP contribution in [0.2, 0.25) is 0 Å². The van der Waals surface area contributed by atoms with Crippen molar-refractivity contribution < 1.29 is 4.92 Å². The lowest BCUT2D eigenvalue weighted by Gasteiger charge is -2.44. The molecule has 2 heterocycles. The zero-order valence-corrected chi connectivity index (χ0v) is 11.5. The molecule has 0 radical (unpaired) electrons. The molecule has 20 heavy (non-hydrogen) atoms. The number of nitrogen functional groups attached to an aromatic ring is 1. The number of hydrogen-bond acceptors (Lipinski definition) is 5. The topological polar surface area (TPSA) is 85.3 Å². The van der Waals surface area contributed by atoms with Crippen molar-refractivity contribution in [2.24, 2.45) is 5.92 Å². The molecule has 1 aromatic rings. The van der Waals surface area contributed by atoms with E-state index >= 15 is 0 Å². The Morgan fingerprint density at radius 1 is 1.25 bits per heavy atom. The first-order valence-electron chi connectivity index (χ1n) is 7.34. The van der Waals surface area contributed by atoms with Gasteiger partial charge in [-0.05, 0) is 31.6 Å². The van der Waals surface area contributed by atoms with E-state index in [1.165, 1.54) is 31.7 Å². The summed E-state index contributed by atoms with van der Waals surface area (Å²) in [5.74, 6) is 1.61. The standard InChI is InChI=1S/C14H20N4O2/c15-13-8-11(18(19)20)9-14(16-13)17-7-3-5-10-4-1-2-6-12(10)17/h8-10,12H,1-7H2,(H2,15,16)/t10-,12-/m1/s1. The van der Waals surface area contributed by atoms with E-state index in [0.717, 1.165) is 19.4 Å². The average molecular weight is 276 g/mol. The number of nitrogens with zero attached hydrogens (tertiary/aromatic N) is 3. The van der Waals surface area contributed by atoms with E-state index in [-0.39, 0.29) is 11.5 Å². The maximum Gasteiger partial charge on any atom is 0.276 e. The number of piperidine rings is 1. The summed E-state index contributed by atoms with van der Waals surface area (Å²) in [5.41, 5.74) is 5.76. The molecule has 108 valence electrons. The normalized spacial score (nSPS) is 26.1. The van der Waals surface area contributed by atoms with Gasteiger partial charge in [0.2, 0.25) is 0 Å². The van der Waals surface area contributed by atoms with Gasteiger partial charge in [0.15, 0.2) is 0 Å². The van der Waals surface area contributed by atoms with Crippen LogP contribution in [0.4, 0.5) is 17.3 Å². The monoisotopic (exact) mass is 276 g/mol. The van der Waals surface area contributed by atoms with Crippen LogP contribution in [0, 0.1) is 16.0 Å². The Bertz CT molecular complexity index is 518. The lowest BCUT2D eigenvalue weighted by atomic mass is 9.78. The number of rotatable bonds is 2. The highest BCUT2D eigenvalue weighted by atomic mass is 16.6. The zero-order valence-electron chi connectivity index (χ0n) is 11.5. The van der Waals surface area contributed by atoms with E-state index in [1.807, 2.05) is 0 Å². The number of hydrogen-bond donors (Lipinski definition) is 1. The molecule has 1 aromatic heterocycles. The number of aromatic nitrogens is 1. The molecule has 0 bridgehead atoms. The Kier molecular flexibility index (Phi) is 3.46. The van der Waals surface area contributed by atoms with Crippen LogP contribution in [0.1, 0.15) is 38.5 Å². The van der Waals surface area contributed by atoms with Crippen molar-refractivity contribution in [2.45, 2.75) is 44.6 Å². The van der Waals surface area contributed by atoms with Gasteiger partial charge in [-0.3, -0.25) is 10.1 Å². The van der Waals surface area contributed by atoms with Gasteiger partial charge >= 0.3 is 0 Å². The molecule has 1 aliphatic heterocycles. The van der Waals surface area contributed by atoms with Crippen molar-refractivity contribution >= 4 is 17.3 Å². The Morgan fingerprint density at radius 2 is 2.00 bits per heavy atom. The molecule has 2 fully saturated rings. The van der Waals surface area contributed by atoms with Crippen molar-refractivity contribution in [1.82, 2.24) is 4.98 Å². The van der Waals surface area contributed by atoms with Gasteiger partial charge < -0.3 is 10.6 Å². The molecule has 3 rings (SSSR count). The number of anilines is 2. The van der Waals surface area contributed by atoms with E-state index in [0.29, 0.717) is 17.8 Å². The zero-order chi connectivity index (χ0) is 14.1. The lowest BCUT2D eigenvalue weighted by Crippen LogP contribution is -2.47. The summed E-state index contributed by atoms with van der Waals surface area (Å²) in [5, 5.41) is 11.0. The number of nitro groups is 1. The van der Waals surface area contributed by atoms with Gasteiger partial charge in [0.25, 0.3) is 5.69 Å². The van der Waals surface area contributed by atoms with Crippen LogP contribution in [0.3, 0.4) is 0 Å². The smallest absolute Gasteiger partial charge is 0.276 e. The molecule has 6 heteroatoms. The van der Waals surface area contributed by atoms with Gasteiger partial charge in [-0.2, -0.15) is 0 Å². The predicted molar refractivity (Wildman–Crippen MR) is 77.6 cm³/mol. The molecular weight excluding hydrogens is 256 g/mol. The summed E-state index contributed by atoms with van der Waals surface area (Å²) in [6.45, 7) is 0.925. The van der Waals surface area contributed by atoms with Crippen molar-refractivity contribution in [1.29, 1.82) is 0 Å². The first-order chi connectivity index (χ1) is 9.65. The van der Waals surface area contributed by atoms with Crippen LogP contribution >= 0.6 is 0 Å². The van der Waals surface area contributed by atoms with E-state index in [9.17, 15) is 10.1 Å². The van der Waals surface area contributed by atoms with E-state index < -0.39 is 4.92 Å². The minimum Gasteiger partial charge on any atom is -0.383 e. The van der Waals surface area contributed by atoms with E-state index in [2.05, 4.69) is 9.88 Å². The van der Waals surface area contributed by atoms with Gasteiger partial charge in [0.05, 0.1) is 17.1 Å². The van der Waals surface area contributed by atoms with Gasteiger partial charge in [-0.1, -0.05) is 12.8 Å². The fraction of sp³-hybridized carbons (Fsp3) is 0.643. The molecule has 1 aliphatic carbocycles. The van der Waals surface area contributed by atoms with Gasteiger partial charge in [-0.25, -0.2) is 4.98 Å². The second-order valence-electron chi connectivity index (χ2n) is 5.81. The van der Waals surface area contributed by atoms with Crippen molar-refractivity contribution in [3.05, 3.63) is 22.2 Å². The van der Waals surface area contributed by atoms with Crippen molar-refractivity contribution in [3.63, 3.8) is 0 Å². The highest BCUT2D eigenvalue weighted by Crippen LogP contribution is 2.38. The summed E-state index contributed by atoms with van der Waals surface area (Å²) in [4.78, 5) is 17.2. The molecule has 0 unspecified atom stereocenters. The molecule has 2 atom stereocenters. The molecule has 2 N–H and O–H groups in total. The molecule has 0 aromatic carbocycles. The largest absolute Gasteiger partial charge is 0.383 e. The molecule has 1 saturated carbocycles. The lowest BCUT2D eigenvalue weighted by molar-refractivity contribution is -0.384. The van der Waals surface area contributed by atoms with Crippen LogP contribution in [-0.4, -0.2) is 22.5 Å². The number of fused-ring (bicyclic) bond motifs is 1. The molecule has 1 saturated heterocycles. The molecular formula is C14H20N4O2. The molecule has 6 nitrogen and oxygen atoms in total. The SMILES string of the molecule is Nc1cc([N+](=O)[O-])cc(N2CCC[C@H]3CCCC[C@H]32)n1. The Balaban J connectivity index is 1.92. The quantitative estimate of drug-likeness (QED) is 0.663. The highest BCUT2D eigenvalue weighted by molar-refractivity contribution is 5.55. The Labute approximate surface area is 118 Å². The second kappa shape index (κ2) is 5.26.